The first-order valence-corrected chi connectivity index (χ1v) is 16.6. The summed E-state index contributed by atoms with van der Waals surface area (Å²) in [6.45, 7) is 7.71. The van der Waals surface area contributed by atoms with Crippen molar-refractivity contribution in [1.82, 2.24) is 10.2 Å². The second kappa shape index (κ2) is 16.7. The number of sulfonamides is 1. The molecule has 244 valence electrons. The van der Waals surface area contributed by atoms with E-state index in [0.717, 1.165) is 16.3 Å². The number of nitrogens with one attached hydrogen (secondary N) is 1. The van der Waals surface area contributed by atoms with Gasteiger partial charge in [0, 0.05) is 18.7 Å². The van der Waals surface area contributed by atoms with Crippen LogP contribution in [0.1, 0.15) is 46.1 Å². The highest BCUT2D eigenvalue weighted by atomic mass is 32.2. The number of hydrogen-bond donors (Lipinski definition) is 1. The van der Waals surface area contributed by atoms with Crippen molar-refractivity contribution in [3.8, 4) is 17.2 Å². The molecular weight excluding hydrogens is 594 g/mol. The monoisotopic (exact) mass is 639 g/mol. The van der Waals surface area contributed by atoms with E-state index < -0.39 is 28.5 Å². The van der Waals surface area contributed by atoms with Gasteiger partial charge in [-0.15, -0.1) is 0 Å². The molecule has 1 N–H and O–H groups in total. The molecule has 0 radical (unpaired) electrons. The average molecular weight is 640 g/mol. The van der Waals surface area contributed by atoms with Crippen LogP contribution in [0.4, 0.5) is 5.69 Å². The van der Waals surface area contributed by atoms with E-state index in [0.29, 0.717) is 30.9 Å². The molecule has 0 aliphatic heterocycles. The molecule has 0 heterocycles. The number of ether oxygens (including phenoxy) is 3. The number of hydrogen-bond acceptors (Lipinski definition) is 7. The summed E-state index contributed by atoms with van der Waals surface area (Å²) in [7, 11) is -1.42. The summed E-state index contributed by atoms with van der Waals surface area (Å²) in [5, 5.41) is 2.99. The maximum absolute atomic E-state index is 14.3. The van der Waals surface area contributed by atoms with Gasteiger partial charge in [0.1, 0.15) is 18.3 Å². The third-order valence-electron chi connectivity index (χ3n) is 7.53. The fourth-order valence-electron chi connectivity index (χ4n) is 4.85. The maximum Gasteiger partial charge on any atom is 0.264 e. The minimum Gasteiger partial charge on any atom is -0.494 e. The third kappa shape index (κ3) is 9.13. The summed E-state index contributed by atoms with van der Waals surface area (Å²) in [6.07, 6.45) is 1.58. The lowest BCUT2D eigenvalue weighted by atomic mass is 10.1. The zero-order valence-electron chi connectivity index (χ0n) is 27.0. The molecule has 0 fully saturated rings. The van der Waals surface area contributed by atoms with Crippen molar-refractivity contribution in [2.24, 2.45) is 0 Å². The molecule has 0 spiro atoms. The van der Waals surface area contributed by atoms with Crippen molar-refractivity contribution >= 4 is 27.5 Å². The summed E-state index contributed by atoms with van der Waals surface area (Å²) < 4.78 is 45.8. The van der Waals surface area contributed by atoms with E-state index in [-0.39, 0.29) is 34.8 Å². The van der Waals surface area contributed by atoms with Crippen LogP contribution in [0.5, 0.6) is 17.2 Å². The fraction of sp³-hybridized carbons (Fsp3) is 0.412. The van der Waals surface area contributed by atoms with Gasteiger partial charge >= 0.3 is 0 Å². The van der Waals surface area contributed by atoms with Crippen LogP contribution >= 0.6 is 0 Å². The second-order valence-electron chi connectivity index (χ2n) is 10.5. The molecule has 2 amide bonds. The Morgan fingerprint density at radius 2 is 1.53 bits per heavy atom. The number of rotatable bonds is 17. The smallest absolute Gasteiger partial charge is 0.264 e. The minimum atomic E-state index is -4.30. The van der Waals surface area contributed by atoms with Crippen LogP contribution in [-0.2, 0) is 26.0 Å². The molecule has 2 atom stereocenters. The Balaban J connectivity index is 2.07. The van der Waals surface area contributed by atoms with Gasteiger partial charge in [-0.05, 0) is 75.1 Å². The molecular formula is C34H45N3O7S. The largest absolute Gasteiger partial charge is 0.494 e. The fourth-order valence-corrected chi connectivity index (χ4v) is 6.28. The van der Waals surface area contributed by atoms with E-state index >= 15 is 0 Å². The van der Waals surface area contributed by atoms with Crippen molar-refractivity contribution in [1.29, 1.82) is 0 Å². The summed E-state index contributed by atoms with van der Waals surface area (Å²) in [4.78, 5) is 29.1. The van der Waals surface area contributed by atoms with E-state index in [2.05, 4.69) is 5.32 Å². The topological polar surface area (TPSA) is 114 Å². The van der Waals surface area contributed by atoms with Crippen molar-refractivity contribution in [2.75, 3.05) is 38.2 Å². The lowest BCUT2D eigenvalue weighted by molar-refractivity contribution is -0.139. The van der Waals surface area contributed by atoms with E-state index in [1.165, 1.54) is 37.3 Å². The van der Waals surface area contributed by atoms with Gasteiger partial charge in [-0.1, -0.05) is 44.2 Å². The Hall–Kier alpha value is -4.25. The first-order valence-electron chi connectivity index (χ1n) is 15.2. The summed E-state index contributed by atoms with van der Waals surface area (Å²) >= 11 is 0. The molecule has 0 saturated heterocycles. The van der Waals surface area contributed by atoms with Crippen molar-refractivity contribution in [2.45, 2.75) is 63.9 Å². The minimum absolute atomic E-state index is 0.0802. The number of benzene rings is 3. The lowest BCUT2D eigenvalue weighted by Gasteiger charge is -2.33. The highest BCUT2D eigenvalue weighted by Gasteiger charge is 2.34. The predicted molar refractivity (Wildman–Crippen MR) is 176 cm³/mol. The van der Waals surface area contributed by atoms with Gasteiger partial charge in [0.15, 0.2) is 11.5 Å². The molecule has 11 heteroatoms. The third-order valence-corrected chi connectivity index (χ3v) is 9.30. The molecule has 0 bridgehead atoms. The number of nitrogens with zero attached hydrogens (tertiary/aromatic N) is 2. The molecule has 0 aliphatic carbocycles. The van der Waals surface area contributed by atoms with Crippen LogP contribution in [0.25, 0.3) is 0 Å². The van der Waals surface area contributed by atoms with E-state index in [4.69, 9.17) is 14.2 Å². The first kappa shape index (κ1) is 35.2. The molecule has 3 aromatic rings. The molecule has 0 aliphatic rings. The summed E-state index contributed by atoms with van der Waals surface area (Å²) in [6, 6.07) is 19.6. The number of carbonyl (C=O) groups is 2. The number of amides is 2. The van der Waals surface area contributed by atoms with Crippen molar-refractivity contribution < 1.29 is 32.2 Å². The van der Waals surface area contributed by atoms with E-state index in [9.17, 15) is 18.0 Å². The molecule has 2 unspecified atom stereocenters. The van der Waals surface area contributed by atoms with Gasteiger partial charge in [-0.2, -0.15) is 0 Å². The molecule has 45 heavy (non-hydrogen) atoms. The van der Waals surface area contributed by atoms with Crippen LogP contribution in [0.15, 0.2) is 77.7 Å². The highest BCUT2D eigenvalue weighted by molar-refractivity contribution is 7.92. The van der Waals surface area contributed by atoms with E-state index in [1.54, 1.807) is 24.3 Å². The second-order valence-corrected chi connectivity index (χ2v) is 12.4. The average Bonchev–Trinajstić information content (AvgIpc) is 3.05. The number of carbonyl (C=O) groups excluding carboxylic acids is 2. The first-order chi connectivity index (χ1) is 21.6. The van der Waals surface area contributed by atoms with Crippen LogP contribution in [0, 0.1) is 0 Å². The highest BCUT2D eigenvalue weighted by Crippen LogP contribution is 2.33. The van der Waals surface area contributed by atoms with Crippen molar-refractivity contribution in [3.05, 3.63) is 78.4 Å². The Morgan fingerprint density at radius 1 is 0.867 bits per heavy atom. The zero-order chi connectivity index (χ0) is 33.0. The van der Waals surface area contributed by atoms with Crippen LogP contribution in [0.3, 0.4) is 0 Å². The summed E-state index contributed by atoms with van der Waals surface area (Å²) in [5.41, 5.74) is 1.26. The Kier molecular flexibility index (Phi) is 13.1. The molecule has 3 aromatic carbocycles. The Bertz CT molecular complexity index is 1500. The van der Waals surface area contributed by atoms with Gasteiger partial charge in [0.25, 0.3) is 10.0 Å². The number of anilines is 1. The Labute approximate surface area is 267 Å². The van der Waals surface area contributed by atoms with Gasteiger partial charge in [-0.3, -0.25) is 13.9 Å². The summed E-state index contributed by atoms with van der Waals surface area (Å²) in [5.74, 6) is 0.381. The van der Waals surface area contributed by atoms with Crippen LogP contribution < -0.4 is 23.8 Å². The standard InChI is InChI=1S/C34H45N3O7S/c1-7-25(4)35-34(39)30(8-2)36(22-21-26-13-11-10-12-14-26)33(38)24-37(27-15-17-28(18-16-27)44-9-3)45(40,41)29-19-20-31(42-5)32(23-29)43-6/h10-20,23,25,30H,7-9,21-22,24H2,1-6H3,(H,35,39). The lowest BCUT2D eigenvalue weighted by Crippen LogP contribution is -2.54. The quantitative estimate of drug-likeness (QED) is 0.220. The van der Waals surface area contributed by atoms with Crippen LogP contribution in [0.2, 0.25) is 0 Å². The van der Waals surface area contributed by atoms with Gasteiger partial charge in [-0.25, -0.2) is 8.42 Å². The van der Waals surface area contributed by atoms with Gasteiger partial charge in [0.2, 0.25) is 11.8 Å². The molecule has 10 nitrogen and oxygen atoms in total. The Morgan fingerprint density at radius 3 is 2.11 bits per heavy atom. The van der Waals surface area contributed by atoms with Crippen molar-refractivity contribution in [3.63, 3.8) is 0 Å². The van der Waals surface area contributed by atoms with Gasteiger partial charge < -0.3 is 24.4 Å². The van der Waals surface area contributed by atoms with Gasteiger partial charge in [0.05, 0.1) is 31.4 Å². The maximum atomic E-state index is 14.3. The normalized spacial score (nSPS) is 12.5. The molecule has 0 aromatic heterocycles. The number of methoxy groups -OCH3 is 2. The van der Waals surface area contributed by atoms with Crippen LogP contribution in [-0.4, -0.2) is 71.1 Å². The predicted octanol–water partition coefficient (Wildman–Crippen LogP) is 5.06. The SMILES string of the molecule is CCOc1ccc(N(CC(=O)N(CCc2ccccc2)C(CC)C(=O)NC(C)CC)S(=O)(=O)c2ccc(OC)c(OC)c2)cc1. The zero-order valence-corrected chi connectivity index (χ0v) is 27.8. The molecule has 0 saturated carbocycles. The molecule has 3 rings (SSSR count). The van der Waals surface area contributed by atoms with E-state index in [1.807, 2.05) is 58.0 Å².